The van der Waals surface area contributed by atoms with Gasteiger partial charge in [-0.2, -0.15) is 0 Å². The zero-order valence-electron chi connectivity index (χ0n) is 18.0. The van der Waals surface area contributed by atoms with Crippen LogP contribution < -0.4 is 9.47 Å². The number of carbonyl (C=O) groups is 1. The van der Waals surface area contributed by atoms with Gasteiger partial charge in [0, 0.05) is 48.8 Å². The lowest BCUT2D eigenvalue weighted by atomic mass is 10.0. The van der Waals surface area contributed by atoms with Crippen molar-refractivity contribution in [2.45, 2.75) is 6.42 Å². The van der Waals surface area contributed by atoms with E-state index in [2.05, 4.69) is 0 Å². The third-order valence-electron chi connectivity index (χ3n) is 5.35. The van der Waals surface area contributed by atoms with E-state index in [4.69, 9.17) is 44.3 Å². The average Bonchev–Trinajstić information content (AvgIpc) is 3.12. The minimum Gasteiger partial charge on any atom is -0.496 e. The van der Waals surface area contributed by atoms with E-state index in [-0.39, 0.29) is 32.1 Å². The number of non-ortho nitro benzene ring substituents is 1. The number of carbonyl (C=O) groups excluding carboxylic acids is 1. The fourth-order valence-electron chi connectivity index (χ4n) is 3.68. The predicted molar refractivity (Wildman–Crippen MR) is 132 cm³/mol. The number of halogens is 3. The van der Waals surface area contributed by atoms with Crippen molar-refractivity contribution in [1.29, 1.82) is 0 Å². The predicted octanol–water partition coefficient (Wildman–Crippen LogP) is 6.87. The van der Waals surface area contributed by atoms with Crippen molar-refractivity contribution >= 4 is 57.4 Å². The number of hydrogen-bond donors (Lipinski definition) is 0. The third kappa shape index (κ3) is 4.68. The van der Waals surface area contributed by atoms with E-state index in [1.54, 1.807) is 30.3 Å². The number of ether oxygens (including phenoxy) is 2. The summed E-state index contributed by atoms with van der Waals surface area (Å²) in [5, 5.41) is 12.6. The molecule has 7 nitrogen and oxygen atoms in total. The quantitative estimate of drug-likeness (QED) is 0.0913. The number of fused-ring (bicyclic) bond motifs is 1. The van der Waals surface area contributed by atoms with Gasteiger partial charge in [-0.05, 0) is 35.4 Å². The summed E-state index contributed by atoms with van der Waals surface area (Å²) < 4.78 is 12.8. The van der Waals surface area contributed by atoms with Crippen molar-refractivity contribution in [2.75, 3.05) is 7.11 Å². The molecule has 1 heterocycles. The number of aromatic nitrogens is 1. The molecule has 0 atom stereocenters. The van der Waals surface area contributed by atoms with Gasteiger partial charge >= 0.3 is 5.97 Å². The molecule has 3 aromatic carbocycles. The van der Waals surface area contributed by atoms with Crippen LogP contribution >= 0.6 is 34.8 Å². The van der Waals surface area contributed by atoms with Crippen LogP contribution in [0.4, 0.5) is 5.69 Å². The van der Waals surface area contributed by atoms with E-state index in [1.165, 1.54) is 25.3 Å². The third-order valence-corrected chi connectivity index (χ3v) is 6.37. The summed E-state index contributed by atoms with van der Waals surface area (Å²) in [6.45, 7) is 0. The highest BCUT2D eigenvalue weighted by Gasteiger charge is 2.18. The van der Waals surface area contributed by atoms with Crippen molar-refractivity contribution in [3.63, 3.8) is 0 Å². The molecule has 0 aliphatic heterocycles. The summed E-state index contributed by atoms with van der Waals surface area (Å²) in [7, 11) is 3.37. The summed E-state index contributed by atoms with van der Waals surface area (Å²) >= 11 is 18.0. The van der Waals surface area contributed by atoms with E-state index in [0.717, 1.165) is 22.0 Å². The Labute approximate surface area is 209 Å². The lowest BCUT2D eigenvalue weighted by Crippen LogP contribution is -2.09. The minimum absolute atomic E-state index is 0.0194. The zero-order chi connectivity index (χ0) is 24.6. The van der Waals surface area contributed by atoms with Gasteiger partial charge in [0.25, 0.3) is 5.69 Å². The number of rotatable bonds is 6. The van der Waals surface area contributed by atoms with Gasteiger partial charge in [0.15, 0.2) is 5.75 Å². The molecule has 174 valence electrons. The first-order chi connectivity index (χ1) is 16.2. The molecule has 0 saturated carbocycles. The highest BCUT2D eigenvalue weighted by molar-refractivity contribution is 6.43. The van der Waals surface area contributed by atoms with E-state index >= 15 is 0 Å². The van der Waals surface area contributed by atoms with Crippen LogP contribution in [0.2, 0.25) is 15.1 Å². The monoisotopic (exact) mass is 518 g/mol. The molecule has 10 heteroatoms. The molecular weight excluding hydrogens is 503 g/mol. The van der Waals surface area contributed by atoms with E-state index in [1.807, 2.05) is 17.8 Å². The topological polar surface area (TPSA) is 83.6 Å². The Bertz CT molecular complexity index is 1450. The number of nitro benzene ring substituents is 1. The van der Waals surface area contributed by atoms with Crippen LogP contribution in [0.5, 0.6) is 11.5 Å². The number of nitrogens with zero attached hydrogens (tertiary/aromatic N) is 2. The van der Waals surface area contributed by atoms with Gasteiger partial charge < -0.3 is 14.0 Å². The number of benzene rings is 3. The lowest BCUT2D eigenvalue weighted by molar-refractivity contribution is -0.384. The summed E-state index contributed by atoms with van der Waals surface area (Å²) in [6.07, 6.45) is 2.36. The molecule has 0 unspecified atom stereocenters. The molecule has 0 spiro atoms. The Morgan fingerprint density at radius 1 is 0.971 bits per heavy atom. The first kappa shape index (κ1) is 23.9. The molecule has 0 fully saturated rings. The second-order valence-electron chi connectivity index (χ2n) is 7.51. The number of methoxy groups -OCH3 is 1. The molecule has 4 aromatic rings. The Morgan fingerprint density at radius 3 is 2.41 bits per heavy atom. The highest BCUT2D eigenvalue weighted by atomic mass is 35.5. The first-order valence-corrected chi connectivity index (χ1v) is 11.1. The molecular formula is C24H17Cl3N2O5. The van der Waals surface area contributed by atoms with Gasteiger partial charge in [0.1, 0.15) is 5.75 Å². The van der Waals surface area contributed by atoms with Crippen molar-refractivity contribution in [3.05, 3.63) is 96.6 Å². The summed E-state index contributed by atoms with van der Waals surface area (Å²) in [5.41, 5.74) is 2.82. The maximum absolute atomic E-state index is 12.7. The largest absolute Gasteiger partial charge is 0.496 e. The lowest BCUT2D eigenvalue weighted by Gasteiger charge is -2.11. The second kappa shape index (κ2) is 9.54. The molecule has 0 N–H and O–H groups in total. The Hall–Kier alpha value is -3.26. The second-order valence-corrected chi connectivity index (χ2v) is 8.74. The van der Waals surface area contributed by atoms with Crippen molar-refractivity contribution in [2.24, 2.45) is 7.05 Å². The molecule has 1 aromatic heterocycles. The number of nitro groups is 1. The number of esters is 1. The maximum atomic E-state index is 12.7. The number of hydrogen-bond acceptors (Lipinski definition) is 5. The van der Waals surface area contributed by atoms with Crippen LogP contribution in [0, 0.1) is 10.1 Å². The van der Waals surface area contributed by atoms with Crippen molar-refractivity contribution in [3.8, 4) is 11.5 Å². The zero-order valence-corrected chi connectivity index (χ0v) is 20.2. The molecule has 34 heavy (non-hydrogen) atoms. The molecule has 0 radical (unpaired) electrons. The van der Waals surface area contributed by atoms with Crippen LogP contribution in [-0.2, 0) is 13.5 Å². The van der Waals surface area contributed by atoms with Crippen molar-refractivity contribution in [1.82, 2.24) is 4.57 Å². The summed E-state index contributed by atoms with van der Waals surface area (Å²) in [4.78, 5) is 23.5. The van der Waals surface area contributed by atoms with Gasteiger partial charge in [-0.3, -0.25) is 10.1 Å². The maximum Gasteiger partial charge on any atom is 0.343 e. The van der Waals surface area contributed by atoms with Crippen LogP contribution in [0.25, 0.3) is 10.9 Å². The van der Waals surface area contributed by atoms with Crippen molar-refractivity contribution < 1.29 is 19.2 Å². The fourth-order valence-corrected chi connectivity index (χ4v) is 4.26. The van der Waals surface area contributed by atoms with Gasteiger partial charge in [0.05, 0.1) is 32.7 Å². The summed E-state index contributed by atoms with van der Waals surface area (Å²) in [5.74, 6) is -0.0931. The van der Waals surface area contributed by atoms with Crippen LogP contribution in [0.15, 0.2) is 54.7 Å². The molecule has 0 aliphatic rings. The van der Waals surface area contributed by atoms with E-state index in [9.17, 15) is 14.9 Å². The summed E-state index contributed by atoms with van der Waals surface area (Å²) in [6, 6.07) is 12.5. The molecule has 0 saturated heterocycles. The van der Waals surface area contributed by atoms with Gasteiger partial charge in [-0.1, -0.05) is 40.9 Å². The Kier molecular flexibility index (Phi) is 6.70. The molecule has 0 amide bonds. The van der Waals surface area contributed by atoms with E-state index in [0.29, 0.717) is 12.2 Å². The van der Waals surface area contributed by atoms with Gasteiger partial charge in [0.2, 0.25) is 0 Å². The first-order valence-electron chi connectivity index (χ1n) is 9.94. The normalized spacial score (nSPS) is 11.0. The molecule has 4 rings (SSSR count). The highest BCUT2D eigenvalue weighted by Crippen LogP contribution is 2.35. The van der Waals surface area contributed by atoms with Gasteiger partial charge in [-0.15, -0.1) is 0 Å². The van der Waals surface area contributed by atoms with Crippen LogP contribution in [0.3, 0.4) is 0 Å². The van der Waals surface area contributed by atoms with Crippen LogP contribution in [0.1, 0.15) is 21.5 Å². The van der Waals surface area contributed by atoms with E-state index < -0.39 is 10.9 Å². The Balaban J connectivity index is 1.63. The van der Waals surface area contributed by atoms with Crippen LogP contribution in [-0.4, -0.2) is 22.6 Å². The number of aryl methyl sites for hydroxylation is 1. The average molecular weight is 520 g/mol. The smallest absolute Gasteiger partial charge is 0.343 e. The minimum atomic E-state index is -0.647. The molecule has 0 aliphatic carbocycles. The standard InChI is InChI=1S/C24H17Cl3N2O5/c1-28-12-15(17-9-16(29(31)32)5-6-21(17)28)7-13-3-4-14(8-22(13)33-2)24(30)34-23-11-19(26)18(25)10-20(23)27/h3-6,8-12H,7H2,1-2H3. The fraction of sp³-hybridized carbons (Fsp3) is 0.125. The Morgan fingerprint density at radius 2 is 1.71 bits per heavy atom. The molecule has 0 bridgehead atoms. The van der Waals surface area contributed by atoms with Gasteiger partial charge in [-0.25, -0.2) is 4.79 Å². The SMILES string of the molecule is COc1cc(C(=O)Oc2cc(Cl)c(Cl)cc2Cl)ccc1Cc1cn(C)c2ccc([N+](=O)[O-])cc12.